The molecule has 6 heteroatoms. The number of hydrogen-bond donors (Lipinski definition) is 2. The molecule has 1 saturated heterocycles. The van der Waals surface area contributed by atoms with E-state index in [4.69, 9.17) is 4.74 Å². The van der Waals surface area contributed by atoms with E-state index in [1.807, 2.05) is 12.1 Å². The molecule has 2 N–H and O–H groups in total. The van der Waals surface area contributed by atoms with Gasteiger partial charge in [0.15, 0.2) is 0 Å². The van der Waals surface area contributed by atoms with Crippen LogP contribution in [0.5, 0.6) is 0 Å². The zero-order chi connectivity index (χ0) is 19.6. The SMILES string of the molecule is CC(C)(C)OC(=O)NCCN1C(=O)CCC1C(O)c1cccc2c1CCC2. The lowest BCUT2D eigenvalue weighted by Crippen LogP contribution is -2.43. The Balaban J connectivity index is 1.63. The Morgan fingerprint density at radius 1 is 1.33 bits per heavy atom. The van der Waals surface area contributed by atoms with Crippen LogP contribution >= 0.6 is 0 Å². The highest BCUT2D eigenvalue weighted by Crippen LogP contribution is 2.35. The Morgan fingerprint density at radius 3 is 2.85 bits per heavy atom. The van der Waals surface area contributed by atoms with Gasteiger partial charge in [0.1, 0.15) is 5.60 Å². The summed E-state index contributed by atoms with van der Waals surface area (Å²) in [6, 6.07) is 5.86. The molecule has 2 unspecified atom stereocenters. The summed E-state index contributed by atoms with van der Waals surface area (Å²) in [7, 11) is 0. The molecule has 1 aromatic carbocycles. The van der Waals surface area contributed by atoms with Gasteiger partial charge in [-0.1, -0.05) is 18.2 Å². The minimum Gasteiger partial charge on any atom is -0.444 e. The number of alkyl carbamates (subject to hydrolysis) is 1. The molecule has 1 aliphatic heterocycles. The number of nitrogens with one attached hydrogen (secondary N) is 1. The molecular formula is C21H30N2O4. The third-order valence-corrected chi connectivity index (χ3v) is 5.26. The minimum absolute atomic E-state index is 0.0256. The highest BCUT2D eigenvalue weighted by Gasteiger charge is 2.37. The second kappa shape index (κ2) is 7.89. The standard InChI is InChI=1S/C21H30N2O4/c1-21(2,3)27-20(26)22-12-13-23-17(10-11-18(23)24)19(25)16-9-5-7-14-6-4-8-15(14)16/h5,7,9,17,19,25H,4,6,8,10-13H2,1-3H3,(H,22,26). The Labute approximate surface area is 160 Å². The number of ether oxygens (including phenoxy) is 1. The van der Waals surface area contributed by atoms with Crippen LogP contribution in [0.3, 0.4) is 0 Å². The summed E-state index contributed by atoms with van der Waals surface area (Å²) in [5.41, 5.74) is 2.96. The Bertz CT molecular complexity index is 711. The third kappa shape index (κ3) is 4.61. The number of carbonyl (C=O) groups is 2. The van der Waals surface area contributed by atoms with Crippen molar-refractivity contribution in [3.63, 3.8) is 0 Å². The number of aliphatic hydroxyl groups is 1. The summed E-state index contributed by atoms with van der Waals surface area (Å²) in [4.78, 5) is 25.8. The van der Waals surface area contributed by atoms with Gasteiger partial charge < -0.3 is 20.1 Å². The van der Waals surface area contributed by atoms with Gasteiger partial charge in [-0.05, 0) is 63.1 Å². The number of rotatable bonds is 5. The maximum atomic E-state index is 12.3. The number of aliphatic hydroxyl groups excluding tert-OH is 1. The number of aryl methyl sites for hydroxylation is 1. The Hall–Kier alpha value is -2.08. The van der Waals surface area contributed by atoms with E-state index < -0.39 is 17.8 Å². The molecule has 0 radical (unpaired) electrons. The van der Waals surface area contributed by atoms with Crippen molar-refractivity contribution in [1.29, 1.82) is 0 Å². The van der Waals surface area contributed by atoms with Gasteiger partial charge in [0.2, 0.25) is 5.91 Å². The van der Waals surface area contributed by atoms with Gasteiger partial charge in [-0.15, -0.1) is 0 Å². The van der Waals surface area contributed by atoms with Gasteiger partial charge in [-0.2, -0.15) is 0 Å². The van der Waals surface area contributed by atoms with E-state index in [1.54, 1.807) is 25.7 Å². The van der Waals surface area contributed by atoms with E-state index in [-0.39, 0.29) is 11.9 Å². The minimum atomic E-state index is -0.689. The van der Waals surface area contributed by atoms with Crippen molar-refractivity contribution in [1.82, 2.24) is 10.2 Å². The fourth-order valence-electron chi connectivity index (χ4n) is 4.10. The van der Waals surface area contributed by atoms with Gasteiger partial charge >= 0.3 is 6.09 Å². The van der Waals surface area contributed by atoms with Gasteiger partial charge in [-0.25, -0.2) is 4.79 Å². The van der Waals surface area contributed by atoms with Crippen molar-refractivity contribution in [2.75, 3.05) is 13.1 Å². The molecule has 2 amide bonds. The van der Waals surface area contributed by atoms with Crippen LogP contribution in [0.15, 0.2) is 18.2 Å². The molecule has 2 atom stereocenters. The fourth-order valence-corrected chi connectivity index (χ4v) is 4.10. The summed E-state index contributed by atoms with van der Waals surface area (Å²) in [6.07, 6.45) is 3.05. The number of benzene rings is 1. The quantitative estimate of drug-likeness (QED) is 0.831. The zero-order valence-corrected chi connectivity index (χ0v) is 16.5. The Morgan fingerprint density at radius 2 is 2.11 bits per heavy atom. The van der Waals surface area contributed by atoms with E-state index in [0.717, 1.165) is 24.8 Å². The molecule has 0 bridgehead atoms. The first kappa shape index (κ1) is 19.7. The number of hydrogen-bond acceptors (Lipinski definition) is 4. The lowest BCUT2D eigenvalue weighted by Gasteiger charge is -2.30. The Kier molecular flexibility index (Phi) is 5.75. The van der Waals surface area contributed by atoms with E-state index in [0.29, 0.717) is 25.9 Å². The summed E-state index contributed by atoms with van der Waals surface area (Å²) in [5, 5.41) is 13.7. The summed E-state index contributed by atoms with van der Waals surface area (Å²) in [6.45, 7) is 6.09. The average molecular weight is 374 g/mol. The monoisotopic (exact) mass is 374 g/mol. The van der Waals surface area contributed by atoms with E-state index in [1.165, 1.54) is 11.1 Å². The van der Waals surface area contributed by atoms with Crippen molar-refractivity contribution in [2.45, 2.75) is 70.6 Å². The second-order valence-corrected chi connectivity index (χ2v) is 8.41. The van der Waals surface area contributed by atoms with Crippen LogP contribution in [-0.4, -0.2) is 46.7 Å². The van der Waals surface area contributed by atoms with Gasteiger partial charge in [0, 0.05) is 19.5 Å². The summed E-state index contributed by atoms with van der Waals surface area (Å²) >= 11 is 0. The molecule has 1 aliphatic carbocycles. The smallest absolute Gasteiger partial charge is 0.407 e. The van der Waals surface area contributed by atoms with Gasteiger partial charge in [0.05, 0.1) is 12.1 Å². The molecule has 3 rings (SSSR count). The number of amides is 2. The highest BCUT2D eigenvalue weighted by molar-refractivity contribution is 5.79. The van der Waals surface area contributed by atoms with Crippen molar-refractivity contribution in [3.05, 3.63) is 34.9 Å². The number of likely N-dealkylation sites (tertiary alicyclic amines) is 1. The van der Waals surface area contributed by atoms with Crippen molar-refractivity contribution in [3.8, 4) is 0 Å². The van der Waals surface area contributed by atoms with Crippen LogP contribution in [0, 0.1) is 0 Å². The predicted molar refractivity (Wildman–Crippen MR) is 102 cm³/mol. The molecule has 1 aromatic rings. The van der Waals surface area contributed by atoms with Gasteiger partial charge in [0.25, 0.3) is 0 Å². The molecule has 1 fully saturated rings. The topological polar surface area (TPSA) is 78.9 Å². The first-order valence-electron chi connectivity index (χ1n) is 9.81. The molecule has 0 saturated carbocycles. The highest BCUT2D eigenvalue weighted by atomic mass is 16.6. The molecule has 6 nitrogen and oxygen atoms in total. The van der Waals surface area contributed by atoms with E-state index in [2.05, 4.69) is 11.4 Å². The third-order valence-electron chi connectivity index (χ3n) is 5.26. The van der Waals surface area contributed by atoms with Gasteiger partial charge in [-0.3, -0.25) is 4.79 Å². The molecule has 2 aliphatic rings. The number of carbonyl (C=O) groups excluding carboxylic acids is 2. The summed E-state index contributed by atoms with van der Waals surface area (Å²) < 4.78 is 5.22. The van der Waals surface area contributed by atoms with E-state index >= 15 is 0 Å². The largest absolute Gasteiger partial charge is 0.444 e. The average Bonchev–Trinajstić information content (AvgIpc) is 3.19. The predicted octanol–water partition coefficient (Wildman–Crippen LogP) is 2.72. The van der Waals surface area contributed by atoms with Crippen molar-refractivity contribution >= 4 is 12.0 Å². The lowest BCUT2D eigenvalue weighted by atomic mass is 9.93. The molecule has 27 heavy (non-hydrogen) atoms. The maximum Gasteiger partial charge on any atom is 0.407 e. The van der Waals surface area contributed by atoms with Crippen LogP contribution in [0.2, 0.25) is 0 Å². The first-order chi connectivity index (χ1) is 12.8. The maximum absolute atomic E-state index is 12.3. The van der Waals surface area contributed by atoms with Crippen LogP contribution in [-0.2, 0) is 22.4 Å². The number of nitrogens with zero attached hydrogens (tertiary/aromatic N) is 1. The van der Waals surface area contributed by atoms with Crippen molar-refractivity contribution in [2.24, 2.45) is 0 Å². The first-order valence-corrected chi connectivity index (χ1v) is 9.81. The normalized spacial score (nSPS) is 20.5. The molecular weight excluding hydrogens is 344 g/mol. The lowest BCUT2D eigenvalue weighted by molar-refractivity contribution is -0.130. The molecule has 0 spiro atoms. The van der Waals surface area contributed by atoms with Crippen LogP contribution in [0.1, 0.15) is 62.8 Å². The van der Waals surface area contributed by atoms with Crippen LogP contribution in [0.25, 0.3) is 0 Å². The molecule has 148 valence electrons. The second-order valence-electron chi connectivity index (χ2n) is 8.41. The molecule has 0 aromatic heterocycles. The number of fused-ring (bicyclic) bond motifs is 1. The van der Waals surface area contributed by atoms with E-state index in [9.17, 15) is 14.7 Å². The van der Waals surface area contributed by atoms with Crippen LogP contribution < -0.4 is 5.32 Å². The van der Waals surface area contributed by atoms with Crippen LogP contribution in [0.4, 0.5) is 4.79 Å². The fraction of sp³-hybridized carbons (Fsp3) is 0.619. The van der Waals surface area contributed by atoms with Crippen molar-refractivity contribution < 1.29 is 19.4 Å². The molecule has 1 heterocycles. The zero-order valence-electron chi connectivity index (χ0n) is 16.5. The summed E-state index contributed by atoms with van der Waals surface area (Å²) in [5.74, 6) is 0.0256.